The normalized spacial score (nSPS) is 13.8. The SMILES string of the molecule is CC.O=C(NCC1CCCCC1)c1nnc2cc(-c3ccc(Cl)cc3)c(-c3ccccc3Cl)nn12. The molecule has 4 aromatic rings. The number of aromatic nitrogens is 4. The molecule has 1 aliphatic carbocycles. The van der Waals surface area contributed by atoms with E-state index in [1.807, 2.05) is 68.4 Å². The number of nitrogens with one attached hydrogen (secondary N) is 1. The molecule has 1 amide bonds. The number of carbonyl (C=O) groups is 1. The second-order valence-corrected chi connectivity index (χ2v) is 9.24. The van der Waals surface area contributed by atoms with Gasteiger partial charge in [-0.2, -0.15) is 9.61 Å². The first-order chi connectivity index (χ1) is 17.1. The van der Waals surface area contributed by atoms with Crippen LogP contribution in [-0.2, 0) is 0 Å². The van der Waals surface area contributed by atoms with E-state index in [0.29, 0.717) is 33.8 Å². The Balaban J connectivity index is 0.00000141. The third-order valence-corrected chi connectivity index (χ3v) is 6.74. The van der Waals surface area contributed by atoms with Crippen molar-refractivity contribution in [3.05, 3.63) is 70.5 Å². The molecule has 6 nitrogen and oxygen atoms in total. The summed E-state index contributed by atoms with van der Waals surface area (Å²) in [7, 11) is 0. The molecule has 1 fully saturated rings. The number of carbonyl (C=O) groups excluding carboxylic acids is 1. The molecule has 0 bridgehead atoms. The summed E-state index contributed by atoms with van der Waals surface area (Å²) in [6.07, 6.45) is 6.04. The second kappa shape index (κ2) is 11.6. The van der Waals surface area contributed by atoms with Crippen molar-refractivity contribution < 1.29 is 4.79 Å². The lowest BCUT2D eigenvalue weighted by molar-refractivity contribution is 0.0930. The van der Waals surface area contributed by atoms with E-state index in [9.17, 15) is 4.79 Å². The van der Waals surface area contributed by atoms with Crippen LogP contribution in [0.2, 0.25) is 10.0 Å². The third kappa shape index (κ3) is 5.65. The maximum atomic E-state index is 13.0. The summed E-state index contributed by atoms with van der Waals surface area (Å²) < 4.78 is 1.49. The quantitative estimate of drug-likeness (QED) is 0.311. The Morgan fingerprint density at radius 2 is 1.69 bits per heavy atom. The first kappa shape index (κ1) is 25.1. The van der Waals surface area contributed by atoms with E-state index in [4.69, 9.17) is 28.3 Å². The molecular weight excluding hydrogens is 481 g/mol. The number of rotatable bonds is 5. The molecule has 0 unspecified atom stereocenters. The Kier molecular flexibility index (Phi) is 8.37. The minimum atomic E-state index is -0.273. The van der Waals surface area contributed by atoms with Crippen LogP contribution in [-0.4, -0.2) is 32.3 Å². The van der Waals surface area contributed by atoms with Gasteiger partial charge in [-0.3, -0.25) is 4.79 Å². The first-order valence-corrected chi connectivity index (χ1v) is 12.9. The summed E-state index contributed by atoms with van der Waals surface area (Å²) in [5.41, 5.74) is 3.62. The molecule has 1 N–H and O–H groups in total. The van der Waals surface area contributed by atoms with Gasteiger partial charge >= 0.3 is 0 Å². The molecule has 0 radical (unpaired) electrons. The van der Waals surface area contributed by atoms with E-state index in [0.717, 1.165) is 29.5 Å². The van der Waals surface area contributed by atoms with Gasteiger partial charge in [-0.25, -0.2) is 0 Å². The summed E-state index contributed by atoms with van der Waals surface area (Å²) in [4.78, 5) is 13.0. The highest BCUT2D eigenvalue weighted by atomic mass is 35.5. The fourth-order valence-electron chi connectivity index (χ4n) is 4.38. The van der Waals surface area contributed by atoms with Gasteiger partial charge in [0.05, 0.1) is 5.02 Å². The fraction of sp³-hybridized carbons (Fsp3) is 0.333. The van der Waals surface area contributed by atoms with E-state index < -0.39 is 0 Å². The molecule has 5 rings (SSSR count). The summed E-state index contributed by atoms with van der Waals surface area (Å²) in [5.74, 6) is 0.409. The Morgan fingerprint density at radius 1 is 0.971 bits per heavy atom. The molecule has 1 saturated carbocycles. The zero-order valence-electron chi connectivity index (χ0n) is 20.0. The van der Waals surface area contributed by atoms with Gasteiger partial charge in [0, 0.05) is 22.7 Å². The monoisotopic (exact) mass is 509 g/mol. The molecule has 8 heteroatoms. The third-order valence-electron chi connectivity index (χ3n) is 6.16. The van der Waals surface area contributed by atoms with Crippen molar-refractivity contribution in [2.45, 2.75) is 46.0 Å². The van der Waals surface area contributed by atoms with Gasteiger partial charge in [-0.05, 0) is 48.6 Å². The van der Waals surface area contributed by atoms with Gasteiger partial charge in [-0.15, -0.1) is 10.2 Å². The number of benzene rings is 2. The van der Waals surface area contributed by atoms with Crippen molar-refractivity contribution in [2.75, 3.05) is 6.54 Å². The number of hydrogen-bond donors (Lipinski definition) is 1. The average Bonchev–Trinajstić information content (AvgIpc) is 3.32. The minimum absolute atomic E-state index is 0.164. The number of hydrogen-bond acceptors (Lipinski definition) is 4. The Morgan fingerprint density at radius 3 is 2.40 bits per heavy atom. The highest BCUT2D eigenvalue weighted by Gasteiger charge is 2.22. The van der Waals surface area contributed by atoms with Crippen molar-refractivity contribution in [1.82, 2.24) is 25.1 Å². The van der Waals surface area contributed by atoms with Crippen molar-refractivity contribution in [3.8, 4) is 22.4 Å². The maximum Gasteiger partial charge on any atom is 0.291 e. The smallest absolute Gasteiger partial charge is 0.291 e. The standard InChI is InChI=1S/C25H23Cl2N5O.C2H6/c26-18-12-10-17(11-13-18)20-14-22-29-30-24(25(33)28-15-16-6-2-1-3-7-16)32(22)31-23(20)19-8-4-5-9-21(19)27;1-2/h4-5,8-14,16H,1-3,6-7,15H2,(H,28,33);1-2H3. The van der Waals surface area contributed by atoms with Crippen LogP contribution in [0.5, 0.6) is 0 Å². The predicted octanol–water partition coefficient (Wildman–Crippen LogP) is 7.10. The summed E-state index contributed by atoms with van der Waals surface area (Å²) in [5, 5.41) is 17.4. The first-order valence-electron chi connectivity index (χ1n) is 12.2. The topological polar surface area (TPSA) is 72.2 Å². The minimum Gasteiger partial charge on any atom is -0.349 e. The van der Waals surface area contributed by atoms with Crippen LogP contribution in [0.25, 0.3) is 28.0 Å². The molecule has 0 spiro atoms. The van der Waals surface area contributed by atoms with Crippen LogP contribution in [0, 0.1) is 5.92 Å². The van der Waals surface area contributed by atoms with Gasteiger partial charge in [0.1, 0.15) is 5.69 Å². The van der Waals surface area contributed by atoms with Crippen molar-refractivity contribution in [1.29, 1.82) is 0 Å². The molecule has 35 heavy (non-hydrogen) atoms. The molecule has 0 aliphatic heterocycles. The van der Waals surface area contributed by atoms with Crippen molar-refractivity contribution in [2.24, 2.45) is 5.92 Å². The molecule has 0 saturated heterocycles. The van der Waals surface area contributed by atoms with Crippen LogP contribution >= 0.6 is 23.2 Å². The van der Waals surface area contributed by atoms with Gasteiger partial charge in [0.25, 0.3) is 5.91 Å². The van der Waals surface area contributed by atoms with Crippen LogP contribution in [0.4, 0.5) is 0 Å². The predicted molar refractivity (Wildman–Crippen MR) is 142 cm³/mol. The summed E-state index contributed by atoms with van der Waals surface area (Å²) in [6.45, 7) is 4.65. The number of amides is 1. The molecular formula is C27H29Cl2N5O. The Bertz CT molecular complexity index is 1300. The number of fused-ring (bicyclic) bond motifs is 1. The van der Waals surface area contributed by atoms with E-state index in [-0.39, 0.29) is 11.7 Å². The Hall–Kier alpha value is -2.96. The summed E-state index contributed by atoms with van der Waals surface area (Å²) >= 11 is 12.6. The highest BCUT2D eigenvalue weighted by molar-refractivity contribution is 6.33. The molecule has 0 atom stereocenters. The summed E-state index contributed by atoms with van der Waals surface area (Å²) in [6, 6.07) is 16.9. The van der Waals surface area contributed by atoms with Gasteiger partial charge in [0.15, 0.2) is 5.65 Å². The highest BCUT2D eigenvalue weighted by Crippen LogP contribution is 2.35. The van der Waals surface area contributed by atoms with E-state index in [2.05, 4.69) is 15.5 Å². The zero-order valence-corrected chi connectivity index (χ0v) is 21.5. The second-order valence-electron chi connectivity index (χ2n) is 8.40. The lowest BCUT2D eigenvalue weighted by Gasteiger charge is -2.21. The Labute approximate surface area is 215 Å². The van der Waals surface area contributed by atoms with Gasteiger partial charge in [-0.1, -0.05) is 86.6 Å². The molecule has 1 aliphatic rings. The molecule has 182 valence electrons. The largest absolute Gasteiger partial charge is 0.349 e. The lowest BCUT2D eigenvalue weighted by atomic mass is 9.89. The average molecular weight is 510 g/mol. The van der Waals surface area contributed by atoms with Gasteiger partial charge < -0.3 is 5.32 Å². The number of halogens is 2. The van der Waals surface area contributed by atoms with E-state index in [1.54, 1.807) is 0 Å². The van der Waals surface area contributed by atoms with Crippen LogP contribution in [0.1, 0.15) is 56.6 Å². The fourth-order valence-corrected chi connectivity index (χ4v) is 4.73. The maximum absolute atomic E-state index is 13.0. The molecule has 2 aromatic heterocycles. The molecule has 2 heterocycles. The van der Waals surface area contributed by atoms with Crippen molar-refractivity contribution in [3.63, 3.8) is 0 Å². The number of nitrogens with zero attached hydrogens (tertiary/aromatic N) is 4. The zero-order chi connectivity index (χ0) is 24.8. The van der Waals surface area contributed by atoms with Crippen molar-refractivity contribution >= 4 is 34.8 Å². The van der Waals surface area contributed by atoms with Gasteiger partial charge in [0.2, 0.25) is 5.82 Å². The lowest BCUT2D eigenvalue weighted by Crippen LogP contribution is -2.31. The van der Waals surface area contributed by atoms with Crippen LogP contribution in [0.15, 0.2) is 54.6 Å². The van der Waals surface area contributed by atoms with Crippen LogP contribution < -0.4 is 5.32 Å². The van der Waals surface area contributed by atoms with E-state index in [1.165, 1.54) is 23.8 Å². The van der Waals surface area contributed by atoms with Crippen LogP contribution in [0.3, 0.4) is 0 Å². The molecule has 2 aromatic carbocycles. The van der Waals surface area contributed by atoms with E-state index >= 15 is 0 Å².